The molecule has 2 saturated carbocycles. The van der Waals surface area contributed by atoms with Gasteiger partial charge in [-0.25, -0.2) is 0 Å². The highest BCUT2D eigenvalue weighted by molar-refractivity contribution is 5.32. The summed E-state index contributed by atoms with van der Waals surface area (Å²) in [6.07, 6.45) is 9.35. The zero-order valence-corrected chi connectivity index (χ0v) is 9.84. The number of aromatic nitrogens is 2. The fourth-order valence-electron chi connectivity index (χ4n) is 3.18. The molecular formula is C13H21N3. The van der Waals surface area contributed by atoms with Crippen LogP contribution in [0.3, 0.4) is 0 Å². The molecule has 3 nitrogen and oxygen atoms in total. The van der Waals surface area contributed by atoms with Gasteiger partial charge >= 0.3 is 0 Å². The largest absolute Gasteiger partial charge is 0.326 e. The van der Waals surface area contributed by atoms with Crippen LogP contribution in [0.2, 0.25) is 0 Å². The average Bonchev–Trinajstić information content (AvgIpc) is 2.81. The van der Waals surface area contributed by atoms with Crippen LogP contribution in [0.4, 0.5) is 0 Å². The normalized spacial score (nSPS) is 22.6. The molecule has 3 N–H and O–H groups in total. The summed E-state index contributed by atoms with van der Waals surface area (Å²) in [4.78, 5) is 0. The molecule has 88 valence electrons. The molecule has 0 amide bonds. The minimum Gasteiger partial charge on any atom is -0.326 e. The molecule has 3 heteroatoms. The summed E-state index contributed by atoms with van der Waals surface area (Å²) in [6.45, 7) is 0.661. The van der Waals surface area contributed by atoms with Crippen molar-refractivity contribution in [2.24, 2.45) is 5.73 Å². The van der Waals surface area contributed by atoms with Crippen LogP contribution < -0.4 is 5.73 Å². The highest BCUT2D eigenvalue weighted by Crippen LogP contribution is 2.41. The predicted molar refractivity (Wildman–Crippen MR) is 64.3 cm³/mol. The van der Waals surface area contributed by atoms with E-state index in [2.05, 4.69) is 10.2 Å². The van der Waals surface area contributed by atoms with Crippen LogP contribution in [0, 0.1) is 0 Å². The van der Waals surface area contributed by atoms with Crippen LogP contribution in [0.5, 0.6) is 0 Å². The molecule has 0 radical (unpaired) electrons. The summed E-state index contributed by atoms with van der Waals surface area (Å²) in [5.74, 6) is 1.41. The molecule has 0 atom stereocenters. The van der Waals surface area contributed by atoms with Crippen molar-refractivity contribution in [2.75, 3.05) is 0 Å². The molecule has 1 aromatic rings. The number of H-pyrrole nitrogens is 1. The minimum absolute atomic E-state index is 0.661. The topological polar surface area (TPSA) is 54.7 Å². The van der Waals surface area contributed by atoms with E-state index < -0.39 is 0 Å². The lowest BCUT2D eigenvalue weighted by molar-refractivity contribution is 0.408. The molecule has 0 bridgehead atoms. The summed E-state index contributed by atoms with van der Waals surface area (Å²) >= 11 is 0. The zero-order chi connectivity index (χ0) is 11.0. The third-order valence-corrected chi connectivity index (χ3v) is 4.39. The van der Waals surface area contributed by atoms with Gasteiger partial charge < -0.3 is 5.73 Å². The van der Waals surface area contributed by atoms with Gasteiger partial charge in [-0.1, -0.05) is 19.3 Å². The molecule has 1 aromatic heterocycles. The molecule has 0 aliphatic heterocycles. The van der Waals surface area contributed by atoms with Crippen LogP contribution in [-0.4, -0.2) is 10.2 Å². The molecule has 16 heavy (non-hydrogen) atoms. The number of hydrogen-bond donors (Lipinski definition) is 2. The fourth-order valence-corrected chi connectivity index (χ4v) is 3.18. The summed E-state index contributed by atoms with van der Waals surface area (Å²) in [6, 6.07) is 0. The Morgan fingerprint density at radius 2 is 1.75 bits per heavy atom. The van der Waals surface area contributed by atoms with Crippen LogP contribution in [0.1, 0.15) is 73.7 Å². The van der Waals surface area contributed by atoms with E-state index in [-0.39, 0.29) is 0 Å². The highest BCUT2D eigenvalue weighted by atomic mass is 15.1. The molecule has 0 saturated heterocycles. The van der Waals surface area contributed by atoms with Crippen LogP contribution in [0.15, 0.2) is 0 Å². The summed E-state index contributed by atoms with van der Waals surface area (Å²) in [5, 5.41) is 7.83. The number of rotatable bonds is 3. The SMILES string of the molecule is NCc1c(C2CCC2)n[nH]c1C1CCCC1. The molecular weight excluding hydrogens is 198 g/mol. The van der Waals surface area contributed by atoms with Gasteiger partial charge in [-0.3, -0.25) is 5.10 Å². The third-order valence-electron chi connectivity index (χ3n) is 4.39. The van der Waals surface area contributed by atoms with Crippen molar-refractivity contribution in [2.45, 2.75) is 63.3 Å². The van der Waals surface area contributed by atoms with Crippen molar-refractivity contribution in [1.82, 2.24) is 10.2 Å². The second-order valence-electron chi connectivity index (χ2n) is 5.31. The van der Waals surface area contributed by atoms with Gasteiger partial charge in [0.05, 0.1) is 5.69 Å². The summed E-state index contributed by atoms with van der Waals surface area (Å²) in [7, 11) is 0. The number of nitrogens with zero attached hydrogens (tertiary/aromatic N) is 1. The minimum atomic E-state index is 0.661. The molecule has 0 aromatic carbocycles. The van der Waals surface area contributed by atoms with Crippen molar-refractivity contribution in [3.05, 3.63) is 17.0 Å². The Hall–Kier alpha value is -0.830. The van der Waals surface area contributed by atoms with E-state index >= 15 is 0 Å². The smallest absolute Gasteiger partial charge is 0.0700 e. The van der Waals surface area contributed by atoms with Crippen LogP contribution >= 0.6 is 0 Å². The summed E-state index contributed by atoms with van der Waals surface area (Å²) in [5.41, 5.74) is 9.91. The molecule has 1 heterocycles. The van der Waals surface area contributed by atoms with Gasteiger partial charge in [0, 0.05) is 29.6 Å². The van der Waals surface area contributed by atoms with Gasteiger partial charge in [-0.15, -0.1) is 0 Å². The zero-order valence-electron chi connectivity index (χ0n) is 9.84. The fraction of sp³-hybridized carbons (Fsp3) is 0.769. The Labute approximate surface area is 96.8 Å². The highest BCUT2D eigenvalue weighted by Gasteiger charge is 2.29. The van der Waals surface area contributed by atoms with Crippen molar-refractivity contribution in [1.29, 1.82) is 0 Å². The number of aromatic amines is 1. The first-order chi connectivity index (χ1) is 7.90. The van der Waals surface area contributed by atoms with Gasteiger partial charge in [0.15, 0.2) is 0 Å². The van der Waals surface area contributed by atoms with Crippen molar-refractivity contribution in [3.8, 4) is 0 Å². The van der Waals surface area contributed by atoms with E-state index in [1.54, 1.807) is 0 Å². The Morgan fingerprint density at radius 3 is 2.31 bits per heavy atom. The van der Waals surface area contributed by atoms with Gasteiger partial charge in [-0.05, 0) is 25.7 Å². The van der Waals surface area contributed by atoms with Gasteiger partial charge in [0.2, 0.25) is 0 Å². The van der Waals surface area contributed by atoms with E-state index in [1.165, 1.54) is 61.9 Å². The predicted octanol–water partition coefficient (Wildman–Crippen LogP) is 2.79. The monoisotopic (exact) mass is 219 g/mol. The lowest BCUT2D eigenvalue weighted by atomic mass is 9.80. The molecule has 2 fully saturated rings. The van der Waals surface area contributed by atoms with Gasteiger partial charge in [-0.2, -0.15) is 5.10 Å². The van der Waals surface area contributed by atoms with E-state index in [1.807, 2.05) is 0 Å². The Morgan fingerprint density at radius 1 is 1.06 bits per heavy atom. The van der Waals surface area contributed by atoms with Crippen LogP contribution in [0.25, 0.3) is 0 Å². The standard InChI is InChI=1S/C13H21N3/c14-8-11-12(9-4-1-2-5-9)15-16-13(11)10-6-3-7-10/h9-10H,1-8,14H2,(H,15,16). The maximum absolute atomic E-state index is 5.92. The first-order valence-electron chi connectivity index (χ1n) is 6.67. The van der Waals surface area contributed by atoms with E-state index in [0.29, 0.717) is 18.4 Å². The Bertz CT molecular complexity index is 359. The van der Waals surface area contributed by atoms with E-state index in [4.69, 9.17) is 5.73 Å². The number of nitrogens with two attached hydrogens (primary N) is 1. The van der Waals surface area contributed by atoms with E-state index in [0.717, 1.165) is 0 Å². The lowest BCUT2D eigenvalue weighted by Gasteiger charge is -2.24. The maximum atomic E-state index is 5.92. The first kappa shape index (κ1) is 10.3. The number of nitrogens with one attached hydrogen (secondary N) is 1. The summed E-state index contributed by atoms with van der Waals surface area (Å²) < 4.78 is 0. The third kappa shape index (κ3) is 1.58. The second-order valence-corrected chi connectivity index (χ2v) is 5.31. The molecule has 3 rings (SSSR count). The van der Waals surface area contributed by atoms with Crippen molar-refractivity contribution in [3.63, 3.8) is 0 Å². The first-order valence-corrected chi connectivity index (χ1v) is 6.67. The lowest BCUT2D eigenvalue weighted by Crippen LogP contribution is -2.13. The Balaban J connectivity index is 1.89. The van der Waals surface area contributed by atoms with E-state index in [9.17, 15) is 0 Å². The average molecular weight is 219 g/mol. The Kier molecular flexibility index (Phi) is 2.72. The number of hydrogen-bond acceptors (Lipinski definition) is 2. The van der Waals surface area contributed by atoms with Gasteiger partial charge in [0.1, 0.15) is 0 Å². The quantitative estimate of drug-likeness (QED) is 0.821. The molecule has 0 spiro atoms. The van der Waals surface area contributed by atoms with Crippen molar-refractivity contribution >= 4 is 0 Å². The van der Waals surface area contributed by atoms with Gasteiger partial charge in [0.25, 0.3) is 0 Å². The maximum Gasteiger partial charge on any atom is 0.0700 e. The van der Waals surface area contributed by atoms with Crippen LogP contribution in [-0.2, 0) is 6.54 Å². The molecule has 2 aliphatic rings. The molecule has 0 unspecified atom stereocenters. The second kappa shape index (κ2) is 4.21. The van der Waals surface area contributed by atoms with Crippen molar-refractivity contribution < 1.29 is 0 Å². The molecule has 2 aliphatic carbocycles.